The molecule has 3 N–H and O–H groups in total. The van der Waals surface area contributed by atoms with Crippen LogP contribution in [0.3, 0.4) is 0 Å². The first-order chi connectivity index (χ1) is 25.0. The van der Waals surface area contributed by atoms with E-state index in [2.05, 4.69) is 21.2 Å². The normalized spacial score (nSPS) is 21.9. The fraction of sp³-hybridized carbons (Fsp3) is 0.543. The van der Waals surface area contributed by atoms with Crippen molar-refractivity contribution in [1.82, 2.24) is 19.7 Å². The van der Waals surface area contributed by atoms with E-state index in [1.165, 1.54) is 36.0 Å². The smallest absolute Gasteiger partial charge is 0.459 e. The predicted octanol–water partition coefficient (Wildman–Crippen LogP) is 4.10. The quantitative estimate of drug-likeness (QED) is 0.112. The molecule has 1 saturated heterocycles. The fourth-order valence-electron chi connectivity index (χ4n) is 5.13. The maximum absolute atomic E-state index is 14.5. The summed E-state index contributed by atoms with van der Waals surface area (Å²) in [7, 11) is -2.96. The molecule has 53 heavy (non-hydrogen) atoms. The van der Waals surface area contributed by atoms with Gasteiger partial charge in [0.25, 0.3) is 0 Å². The third-order valence-electron chi connectivity index (χ3n) is 8.45. The van der Waals surface area contributed by atoms with Gasteiger partial charge in [0.05, 0.1) is 36.3 Å². The molecule has 18 heteroatoms. The highest BCUT2D eigenvalue weighted by molar-refractivity contribution is 7.52. The molecule has 0 spiro atoms. The molecule has 3 heterocycles. The lowest BCUT2D eigenvalue weighted by Crippen LogP contribution is -2.47. The van der Waals surface area contributed by atoms with E-state index in [1.54, 1.807) is 59.1 Å². The number of methoxy groups -OCH3 is 1. The van der Waals surface area contributed by atoms with Crippen LogP contribution in [0.5, 0.6) is 5.75 Å². The standard InChI is InChI=1S/C35H47N6O11P/c1-21(2)31(42)49-28-26(51-35(19-36,29(28)50-32(43)22(3)4)27-15-14-25-30(37)38-20-39-41(25)27)18-48-53(45,52-24-12-10-9-11-13-24)40-23(5)33(44)47-17-16-34(6,7)46-8/h9-15,20-23,26,28-29H,16-18H2,1-8H3,(H,40,45)(H2,37,38,39)/t23-,26+,28+,29+,35-,53?/m0/s1. The number of carbonyl (C=O) groups is 3. The Morgan fingerprint density at radius 3 is 2.34 bits per heavy atom. The van der Waals surface area contributed by atoms with Crippen molar-refractivity contribution in [3.8, 4) is 11.8 Å². The van der Waals surface area contributed by atoms with Crippen molar-refractivity contribution in [2.75, 3.05) is 26.1 Å². The molecule has 288 valence electrons. The van der Waals surface area contributed by atoms with E-state index < -0.39 is 79.7 Å². The van der Waals surface area contributed by atoms with Crippen LogP contribution in [0.15, 0.2) is 48.8 Å². The molecule has 1 fully saturated rings. The van der Waals surface area contributed by atoms with E-state index in [9.17, 15) is 24.2 Å². The second-order valence-electron chi connectivity index (χ2n) is 13.7. The van der Waals surface area contributed by atoms with Gasteiger partial charge in [0.15, 0.2) is 18.0 Å². The van der Waals surface area contributed by atoms with Crippen molar-refractivity contribution < 1.29 is 51.7 Å². The van der Waals surface area contributed by atoms with Crippen molar-refractivity contribution in [2.24, 2.45) is 11.8 Å². The molecule has 17 nitrogen and oxygen atoms in total. The minimum Gasteiger partial charge on any atom is -0.464 e. The SMILES string of the molecule is COC(C)(C)CCOC(=O)[C@H](C)NP(=O)(OC[C@H]1O[C@@](C#N)(c2ccc3c(N)ncnn23)[C@H](OC(=O)C(C)C)[C@@H]1OC(=O)C(C)C)Oc1ccccc1. The molecule has 1 aliphatic rings. The summed E-state index contributed by atoms with van der Waals surface area (Å²) in [6.07, 6.45) is -2.90. The van der Waals surface area contributed by atoms with Crippen LogP contribution in [0.4, 0.5) is 5.82 Å². The van der Waals surface area contributed by atoms with Gasteiger partial charge in [0.2, 0.25) is 5.60 Å². The molecule has 0 amide bonds. The van der Waals surface area contributed by atoms with E-state index in [4.69, 9.17) is 38.5 Å². The molecule has 4 rings (SSSR count). The molecule has 0 radical (unpaired) electrons. The zero-order valence-electron chi connectivity index (χ0n) is 31.0. The number of nitriles is 1. The van der Waals surface area contributed by atoms with Gasteiger partial charge in [0.1, 0.15) is 35.8 Å². The first-order valence-electron chi connectivity index (χ1n) is 17.0. The summed E-state index contributed by atoms with van der Waals surface area (Å²) >= 11 is 0. The van der Waals surface area contributed by atoms with Crippen LogP contribution in [0.2, 0.25) is 0 Å². The molecular weight excluding hydrogens is 711 g/mol. The number of hydrogen-bond acceptors (Lipinski definition) is 15. The minimum atomic E-state index is -4.50. The van der Waals surface area contributed by atoms with Gasteiger partial charge in [-0.15, -0.1) is 0 Å². The van der Waals surface area contributed by atoms with Gasteiger partial charge < -0.3 is 33.9 Å². The first-order valence-corrected chi connectivity index (χ1v) is 18.6. The molecule has 1 unspecified atom stereocenters. The van der Waals surface area contributed by atoms with Gasteiger partial charge in [-0.25, -0.2) is 14.1 Å². The van der Waals surface area contributed by atoms with Crippen molar-refractivity contribution in [1.29, 1.82) is 5.26 Å². The third kappa shape index (κ3) is 9.70. The Hall–Kier alpha value is -4.59. The molecule has 0 aliphatic carbocycles. The number of nitrogens with two attached hydrogens (primary N) is 1. The fourth-order valence-corrected chi connectivity index (χ4v) is 6.63. The van der Waals surface area contributed by atoms with Gasteiger partial charge in [-0.1, -0.05) is 45.9 Å². The Balaban J connectivity index is 1.72. The van der Waals surface area contributed by atoms with Gasteiger partial charge in [0, 0.05) is 13.5 Å². The highest BCUT2D eigenvalue weighted by Crippen LogP contribution is 2.48. The van der Waals surface area contributed by atoms with Gasteiger partial charge in [-0.05, 0) is 45.0 Å². The number of fused-ring (bicyclic) bond motifs is 1. The average Bonchev–Trinajstić information content (AvgIpc) is 3.68. The van der Waals surface area contributed by atoms with Crippen molar-refractivity contribution in [2.45, 2.75) is 90.4 Å². The summed E-state index contributed by atoms with van der Waals surface area (Å²) in [5.74, 6) is -3.25. The van der Waals surface area contributed by atoms with Crippen LogP contribution in [0.1, 0.15) is 60.6 Å². The Labute approximate surface area is 307 Å². The number of para-hydroxylation sites is 1. The van der Waals surface area contributed by atoms with Crippen molar-refractivity contribution in [3.63, 3.8) is 0 Å². The molecule has 3 aromatic rings. The predicted molar refractivity (Wildman–Crippen MR) is 189 cm³/mol. The number of aromatic nitrogens is 3. The number of carbonyl (C=O) groups excluding carboxylic acids is 3. The van der Waals surface area contributed by atoms with Gasteiger partial charge in [-0.2, -0.15) is 15.4 Å². The van der Waals surface area contributed by atoms with E-state index in [1.807, 2.05) is 13.8 Å². The number of nitrogens with one attached hydrogen (secondary N) is 1. The summed E-state index contributed by atoms with van der Waals surface area (Å²) in [5.41, 5.74) is 3.76. The second kappa shape index (κ2) is 17.0. The summed E-state index contributed by atoms with van der Waals surface area (Å²) in [4.78, 5) is 43.3. The topological polar surface area (TPSA) is 225 Å². The summed E-state index contributed by atoms with van der Waals surface area (Å²) in [5, 5.41) is 17.7. The molecule has 2 aromatic heterocycles. The number of rotatable bonds is 17. The van der Waals surface area contributed by atoms with Gasteiger partial charge >= 0.3 is 25.7 Å². The maximum atomic E-state index is 14.5. The second-order valence-corrected chi connectivity index (χ2v) is 15.4. The lowest BCUT2D eigenvalue weighted by Gasteiger charge is -2.29. The third-order valence-corrected chi connectivity index (χ3v) is 10.1. The van der Waals surface area contributed by atoms with E-state index in [-0.39, 0.29) is 23.9 Å². The van der Waals surface area contributed by atoms with Crippen LogP contribution in [-0.4, -0.2) is 82.8 Å². The highest BCUT2D eigenvalue weighted by Gasteiger charge is 2.63. The average molecular weight is 759 g/mol. The van der Waals surface area contributed by atoms with Crippen LogP contribution in [0, 0.1) is 23.2 Å². The van der Waals surface area contributed by atoms with Crippen molar-refractivity contribution in [3.05, 3.63) is 54.5 Å². The number of esters is 3. The number of nitrogen functional groups attached to an aromatic ring is 1. The molecule has 1 aliphatic heterocycles. The lowest BCUT2D eigenvalue weighted by atomic mass is 9.92. The van der Waals surface area contributed by atoms with Crippen molar-refractivity contribution >= 4 is 37.0 Å². The largest absolute Gasteiger partial charge is 0.464 e. The number of nitrogens with zero attached hydrogens (tertiary/aromatic N) is 4. The Morgan fingerprint density at radius 2 is 1.72 bits per heavy atom. The van der Waals surface area contributed by atoms with Crippen LogP contribution < -0.4 is 15.3 Å². The molecule has 6 atom stereocenters. The summed E-state index contributed by atoms with van der Waals surface area (Å²) < 4.78 is 56.4. The number of anilines is 1. The summed E-state index contributed by atoms with van der Waals surface area (Å²) in [6, 6.07) is 12.0. The molecule has 1 aromatic carbocycles. The first kappa shape index (κ1) is 41.2. The zero-order chi connectivity index (χ0) is 39.1. The zero-order valence-corrected chi connectivity index (χ0v) is 31.9. The summed E-state index contributed by atoms with van der Waals surface area (Å²) in [6.45, 7) is 10.8. The Bertz CT molecular complexity index is 1850. The Kier molecular flexibility index (Phi) is 13.2. The van der Waals surface area contributed by atoms with Crippen LogP contribution >= 0.6 is 7.75 Å². The Morgan fingerprint density at radius 1 is 1.06 bits per heavy atom. The monoisotopic (exact) mass is 758 g/mol. The lowest BCUT2D eigenvalue weighted by molar-refractivity contribution is -0.173. The van der Waals surface area contributed by atoms with E-state index in [0.717, 1.165) is 0 Å². The highest BCUT2D eigenvalue weighted by atomic mass is 31.2. The van der Waals surface area contributed by atoms with Crippen LogP contribution in [0.25, 0.3) is 5.52 Å². The molecule has 0 bridgehead atoms. The maximum Gasteiger partial charge on any atom is 0.459 e. The number of hydrogen-bond donors (Lipinski definition) is 2. The number of ether oxygens (including phenoxy) is 5. The minimum absolute atomic E-state index is 0.0208. The van der Waals surface area contributed by atoms with Crippen LogP contribution in [-0.2, 0) is 52.8 Å². The van der Waals surface area contributed by atoms with Gasteiger partial charge in [-0.3, -0.25) is 18.9 Å². The molecule has 0 saturated carbocycles. The molecular formula is C35H47N6O11P. The number of benzene rings is 1. The van der Waals surface area contributed by atoms with E-state index in [0.29, 0.717) is 11.9 Å². The van der Waals surface area contributed by atoms with E-state index >= 15 is 0 Å².